The third-order valence-electron chi connectivity index (χ3n) is 10.8. The highest BCUT2D eigenvalue weighted by Crippen LogP contribution is 2.16. The zero-order valence-corrected chi connectivity index (χ0v) is 35.7. The standard InChI is InChI=1S/C48H91NO5/c1-3-5-7-9-11-13-15-17-19-20-21-22-23-24-25-26-27-28-30-31-33-35-37-39-41-45(51)47(53)44(43-50)49-48(54)46(52)42-40-38-36-34-32-29-18-16-14-12-10-8-6-4-2/h23-24,27-28,33,35,44-47,50-53H,3-22,25-26,29-32,34,36-43H2,1-2H3,(H,49,54)/b24-23+,28-27+,35-33+. The van der Waals surface area contributed by atoms with Gasteiger partial charge >= 0.3 is 0 Å². The molecule has 0 heterocycles. The highest BCUT2D eigenvalue weighted by atomic mass is 16.3. The van der Waals surface area contributed by atoms with Gasteiger partial charge in [-0.15, -0.1) is 0 Å². The lowest BCUT2D eigenvalue weighted by Gasteiger charge is -2.27. The van der Waals surface area contributed by atoms with E-state index >= 15 is 0 Å². The van der Waals surface area contributed by atoms with E-state index in [2.05, 4.69) is 55.6 Å². The van der Waals surface area contributed by atoms with Crippen molar-refractivity contribution in [2.45, 2.75) is 257 Å². The molecule has 0 aliphatic carbocycles. The molecule has 5 N–H and O–H groups in total. The maximum Gasteiger partial charge on any atom is 0.249 e. The van der Waals surface area contributed by atoms with E-state index < -0.39 is 36.9 Å². The average Bonchev–Trinajstić information content (AvgIpc) is 3.18. The Bertz CT molecular complexity index is 858. The van der Waals surface area contributed by atoms with Crippen LogP contribution in [0, 0.1) is 0 Å². The fourth-order valence-electron chi connectivity index (χ4n) is 7.08. The number of amides is 1. The molecule has 0 radical (unpaired) electrons. The van der Waals surface area contributed by atoms with Gasteiger partial charge in [0.05, 0.1) is 18.8 Å². The van der Waals surface area contributed by atoms with Crippen molar-refractivity contribution < 1.29 is 25.2 Å². The molecule has 0 spiro atoms. The minimum absolute atomic E-state index is 0.361. The number of carbonyl (C=O) groups excluding carboxylic acids is 1. The number of unbranched alkanes of at least 4 members (excludes halogenated alkanes) is 27. The predicted molar refractivity (Wildman–Crippen MR) is 233 cm³/mol. The Morgan fingerprint density at radius 2 is 0.778 bits per heavy atom. The van der Waals surface area contributed by atoms with Gasteiger partial charge < -0.3 is 25.7 Å². The van der Waals surface area contributed by atoms with Crippen LogP contribution in [0.1, 0.15) is 232 Å². The molecule has 6 nitrogen and oxygen atoms in total. The monoisotopic (exact) mass is 762 g/mol. The second kappa shape index (κ2) is 42.7. The highest BCUT2D eigenvalue weighted by Gasteiger charge is 2.28. The quantitative estimate of drug-likeness (QED) is 0.0314. The maximum atomic E-state index is 12.5. The molecule has 0 fully saturated rings. The number of nitrogens with one attached hydrogen (secondary N) is 1. The summed E-state index contributed by atoms with van der Waals surface area (Å²) in [7, 11) is 0. The number of hydrogen-bond acceptors (Lipinski definition) is 5. The fraction of sp³-hybridized carbons (Fsp3) is 0.854. The first-order valence-electron chi connectivity index (χ1n) is 23.4. The molecule has 4 unspecified atom stereocenters. The number of allylic oxidation sites excluding steroid dienone is 6. The maximum absolute atomic E-state index is 12.5. The molecule has 0 aliphatic heterocycles. The van der Waals surface area contributed by atoms with Gasteiger partial charge in [-0.1, -0.05) is 204 Å². The molecule has 0 saturated carbocycles. The third kappa shape index (κ3) is 36.2. The molecule has 54 heavy (non-hydrogen) atoms. The van der Waals surface area contributed by atoms with Gasteiger partial charge in [-0.25, -0.2) is 0 Å². The van der Waals surface area contributed by atoms with E-state index in [-0.39, 0.29) is 0 Å². The summed E-state index contributed by atoms with van der Waals surface area (Å²) in [5.41, 5.74) is 0. The van der Waals surface area contributed by atoms with Gasteiger partial charge in [-0.3, -0.25) is 4.79 Å². The van der Waals surface area contributed by atoms with Crippen LogP contribution >= 0.6 is 0 Å². The SMILES string of the molecule is CCCCCCCCCCCCC/C=C/CC/C=C/CC/C=C/CCCC(O)C(O)C(CO)NC(=O)C(O)CCCCCCCCCCCCCCCC. The minimum Gasteiger partial charge on any atom is -0.394 e. The predicted octanol–water partition coefficient (Wildman–Crippen LogP) is 12.5. The summed E-state index contributed by atoms with van der Waals surface area (Å²) < 4.78 is 0. The molecule has 0 rings (SSSR count). The smallest absolute Gasteiger partial charge is 0.249 e. The van der Waals surface area contributed by atoms with Gasteiger partial charge in [0.1, 0.15) is 12.2 Å². The number of carbonyl (C=O) groups is 1. The van der Waals surface area contributed by atoms with Gasteiger partial charge in [0.15, 0.2) is 0 Å². The Hall–Kier alpha value is -1.47. The van der Waals surface area contributed by atoms with Crippen molar-refractivity contribution in [1.29, 1.82) is 0 Å². The summed E-state index contributed by atoms with van der Waals surface area (Å²) >= 11 is 0. The van der Waals surface area contributed by atoms with Gasteiger partial charge in [0.25, 0.3) is 0 Å². The molecule has 1 amide bonds. The van der Waals surface area contributed by atoms with Gasteiger partial charge in [-0.2, -0.15) is 0 Å². The van der Waals surface area contributed by atoms with Crippen LogP contribution in [0.15, 0.2) is 36.5 Å². The molecule has 4 atom stereocenters. The van der Waals surface area contributed by atoms with Crippen molar-refractivity contribution in [3.8, 4) is 0 Å². The van der Waals surface area contributed by atoms with E-state index in [0.717, 1.165) is 51.4 Å². The van der Waals surface area contributed by atoms with E-state index in [1.165, 1.54) is 148 Å². The first kappa shape index (κ1) is 52.5. The van der Waals surface area contributed by atoms with E-state index in [4.69, 9.17) is 0 Å². The Morgan fingerprint density at radius 3 is 1.17 bits per heavy atom. The summed E-state index contributed by atoms with van der Waals surface area (Å²) in [5, 5.41) is 43.7. The first-order chi connectivity index (χ1) is 26.5. The Morgan fingerprint density at radius 1 is 0.444 bits per heavy atom. The topological polar surface area (TPSA) is 110 Å². The molecule has 0 saturated heterocycles. The molecule has 0 aromatic carbocycles. The second-order valence-electron chi connectivity index (χ2n) is 16.1. The van der Waals surface area contributed by atoms with Gasteiger partial charge in [-0.05, 0) is 64.2 Å². The van der Waals surface area contributed by atoms with Crippen molar-refractivity contribution in [2.24, 2.45) is 0 Å². The van der Waals surface area contributed by atoms with Crippen LogP contribution in [0.25, 0.3) is 0 Å². The molecule has 0 aliphatic rings. The third-order valence-corrected chi connectivity index (χ3v) is 10.8. The van der Waals surface area contributed by atoms with Gasteiger partial charge in [0.2, 0.25) is 5.91 Å². The number of aliphatic hydroxyl groups is 4. The summed E-state index contributed by atoms with van der Waals surface area (Å²) in [6, 6.07) is -1.01. The number of aliphatic hydroxyl groups excluding tert-OH is 4. The van der Waals surface area contributed by atoms with Crippen molar-refractivity contribution in [3.05, 3.63) is 36.5 Å². The van der Waals surface area contributed by atoms with E-state index in [0.29, 0.717) is 19.3 Å². The molecule has 0 bridgehead atoms. The largest absolute Gasteiger partial charge is 0.394 e. The van der Waals surface area contributed by atoms with Crippen LogP contribution in [0.3, 0.4) is 0 Å². The van der Waals surface area contributed by atoms with Crippen LogP contribution in [-0.4, -0.2) is 57.3 Å². The zero-order valence-electron chi connectivity index (χ0n) is 35.7. The van der Waals surface area contributed by atoms with E-state index in [1.807, 2.05) is 0 Å². The Balaban J connectivity index is 3.79. The second-order valence-corrected chi connectivity index (χ2v) is 16.1. The normalized spacial score (nSPS) is 14.4. The summed E-state index contributed by atoms with van der Waals surface area (Å²) in [5.74, 6) is -0.599. The van der Waals surface area contributed by atoms with Crippen molar-refractivity contribution >= 4 is 5.91 Å². The fourth-order valence-corrected chi connectivity index (χ4v) is 7.08. The van der Waals surface area contributed by atoms with Crippen LogP contribution in [-0.2, 0) is 4.79 Å². The van der Waals surface area contributed by atoms with Gasteiger partial charge in [0, 0.05) is 0 Å². The van der Waals surface area contributed by atoms with Crippen LogP contribution in [0.5, 0.6) is 0 Å². The summed E-state index contributed by atoms with van der Waals surface area (Å²) in [4.78, 5) is 12.5. The molecular weight excluding hydrogens is 671 g/mol. The Kier molecular flexibility index (Phi) is 41.5. The molecule has 6 heteroatoms. The van der Waals surface area contributed by atoms with Crippen molar-refractivity contribution in [2.75, 3.05) is 6.61 Å². The Labute approximate surface area is 335 Å². The zero-order chi connectivity index (χ0) is 39.6. The first-order valence-corrected chi connectivity index (χ1v) is 23.4. The average molecular weight is 762 g/mol. The molecule has 0 aromatic heterocycles. The summed E-state index contributed by atoms with van der Waals surface area (Å²) in [6.45, 7) is 4.04. The molecule has 0 aromatic rings. The van der Waals surface area contributed by atoms with Crippen molar-refractivity contribution in [3.63, 3.8) is 0 Å². The van der Waals surface area contributed by atoms with E-state index in [9.17, 15) is 25.2 Å². The van der Waals surface area contributed by atoms with Crippen molar-refractivity contribution in [1.82, 2.24) is 5.32 Å². The van der Waals surface area contributed by atoms with Crippen LogP contribution < -0.4 is 5.32 Å². The molecular formula is C48H91NO5. The molecule has 318 valence electrons. The van der Waals surface area contributed by atoms with Crippen LogP contribution in [0.2, 0.25) is 0 Å². The minimum atomic E-state index is -1.29. The number of rotatable bonds is 42. The lowest BCUT2D eigenvalue weighted by atomic mass is 10.00. The lowest BCUT2D eigenvalue weighted by Crippen LogP contribution is -2.53. The number of hydrogen-bond donors (Lipinski definition) is 5. The van der Waals surface area contributed by atoms with E-state index in [1.54, 1.807) is 0 Å². The summed E-state index contributed by atoms with van der Waals surface area (Å²) in [6.07, 6.45) is 50.4. The lowest BCUT2D eigenvalue weighted by molar-refractivity contribution is -0.132. The highest BCUT2D eigenvalue weighted by molar-refractivity contribution is 5.80. The van der Waals surface area contributed by atoms with Crippen LogP contribution in [0.4, 0.5) is 0 Å².